The first-order valence-corrected chi connectivity index (χ1v) is 12.9. The molecule has 1 N–H and O–H groups in total. The van der Waals surface area contributed by atoms with E-state index in [1.807, 2.05) is 63.5 Å². The van der Waals surface area contributed by atoms with Crippen LogP contribution in [0.25, 0.3) is 0 Å². The number of nitrogens with one attached hydrogen (secondary N) is 1. The van der Waals surface area contributed by atoms with Gasteiger partial charge >= 0.3 is 0 Å². The molecule has 0 aliphatic heterocycles. The molecule has 1 heterocycles. The number of hydrogen-bond donors (Lipinski definition) is 1. The highest BCUT2D eigenvalue weighted by molar-refractivity contribution is 7.90. The minimum atomic E-state index is -3.59. The van der Waals surface area contributed by atoms with Gasteiger partial charge in [-0.15, -0.1) is 0 Å². The molecule has 0 saturated carbocycles. The Morgan fingerprint density at radius 2 is 1.74 bits per heavy atom. The second-order valence-corrected chi connectivity index (χ2v) is 11.4. The molecule has 1 aromatic carbocycles. The van der Waals surface area contributed by atoms with Crippen LogP contribution in [0.4, 0.5) is 0 Å². The monoisotopic (exact) mass is 464 g/mol. The molecule has 0 radical (unpaired) electrons. The van der Waals surface area contributed by atoms with Gasteiger partial charge in [-0.05, 0) is 58.3 Å². The molecule has 0 saturated heterocycles. The fourth-order valence-corrected chi connectivity index (χ4v) is 5.41. The number of hydrogen-bond acceptors (Lipinski definition) is 4. The molecule has 2 rings (SSSR count). The number of aromatic nitrogens is 2. The first-order valence-electron chi connectivity index (χ1n) is 10.8. The lowest BCUT2D eigenvalue weighted by Gasteiger charge is -2.29. The van der Waals surface area contributed by atoms with Gasteiger partial charge in [-0.3, -0.25) is 0 Å². The number of sulfone groups is 1. The highest BCUT2D eigenvalue weighted by Gasteiger charge is 2.26. The smallest absolute Gasteiger partial charge is 0.228 e. The molecule has 172 valence electrons. The van der Waals surface area contributed by atoms with E-state index in [-0.39, 0.29) is 23.0 Å². The predicted molar refractivity (Wildman–Crippen MR) is 131 cm³/mol. The average molecular weight is 465 g/mol. The Morgan fingerprint density at radius 1 is 1.13 bits per heavy atom. The van der Waals surface area contributed by atoms with Gasteiger partial charge in [0.15, 0.2) is 5.11 Å². The fraction of sp³-hybridized carbons (Fsp3) is 0.565. The van der Waals surface area contributed by atoms with Crippen LogP contribution < -0.4 is 5.32 Å². The summed E-state index contributed by atoms with van der Waals surface area (Å²) in [7, 11) is -3.59. The Balaban J connectivity index is 2.37. The third kappa shape index (κ3) is 7.04. The number of imidazole rings is 1. The molecule has 8 heteroatoms. The second-order valence-electron chi connectivity index (χ2n) is 9.12. The third-order valence-electron chi connectivity index (χ3n) is 4.75. The van der Waals surface area contributed by atoms with Gasteiger partial charge in [0.1, 0.15) is 0 Å². The molecule has 2 aromatic rings. The van der Waals surface area contributed by atoms with Gasteiger partial charge in [-0.1, -0.05) is 43.7 Å². The van der Waals surface area contributed by atoms with Crippen molar-refractivity contribution in [2.24, 2.45) is 5.92 Å². The van der Waals surface area contributed by atoms with E-state index in [2.05, 4.69) is 29.0 Å². The number of benzene rings is 1. The van der Waals surface area contributed by atoms with E-state index in [0.29, 0.717) is 17.6 Å². The highest BCUT2D eigenvalue weighted by atomic mass is 32.2. The SMILES string of the molecule is Cc1ccc(CS(=O)(=O)c2ncc(CN(CC(C)C)C(=S)NC(C)C)n2C(C)C)cc1. The van der Waals surface area contributed by atoms with Gasteiger partial charge in [0.2, 0.25) is 15.0 Å². The van der Waals surface area contributed by atoms with Crippen molar-refractivity contribution in [3.63, 3.8) is 0 Å². The molecule has 0 aliphatic carbocycles. The van der Waals surface area contributed by atoms with Crippen LogP contribution in [0.2, 0.25) is 0 Å². The summed E-state index contributed by atoms with van der Waals surface area (Å²) in [5.41, 5.74) is 2.70. The van der Waals surface area contributed by atoms with E-state index >= 15 is 0 Å². The highest BCUT2D eigenvalue weighted by Crippen LogP contribution is 2.23. The van der Waals surface area contributed by atoms with Crippen molar-refractivity contribution in [2.75, 3.05) is 6.54 Å². The van der Waals surface area contributed by atoms with Crippen molar-refractivity contribution >= 4 is 27.2 Å². The lowest BCUT2D eigenvalue weighted by atomic mass is 10.2. The van der Waals surface area contributed by atoms with E-state index in [4.69, 9.17) is 12.2 Å². The summed E-state index contributed by atoms with van der Waals surface area (Å²) in [6.07, 6.45) is 1.67. The standard InChI is InChI=1S/C23H36N4O2S2/c1-16(2)13-26(22(30)25-17(3)4)14-21-12-24-23(27(21)18(5)6)31(28,29)15-20-10-8-19(7)9-11-20/h8-12,16-18H,13-15H2,1-7H3,(H,25,30). The van der Waals surface area contributed by atoms with Gasteiger partial charge in [0, 0.05) is 18.6 Å². The first kappa shape index (κ1) is 25.3. The quantitative estimate of drug-likeness (QED) is 0.552. The summed E-state index contributed by atoms with van der Waals surface area (Å²) in [6.45, 7) is 15.6. The molecule has 1 aromatic heterocycles. The second kappa shape index (κ2) is 10.6. The van der Waals surface area contributed by atoms with Crippen molar-refractivity contribution in [2.45, 2.75) is 78.0 Å². The zero-order chi connectivity index (χ0) is 23.3. The van der Waals surface area contributed by atoms with Crippen molar-refractivity contribution in [1.82, 2.24) is 19.8 Å². The molecule has 0 bridgehead atoms. The number of thiocarbonyl (C=S) groups is 1. The minimum Gasteiger partial charge on any atom is -0.360 e. The van der Waals surface area contributed by atoms with Crippen LogP contribution in [-0.2, 0) is 22.1 Å². The zero-order valence-electron chi connectivity index (χ0n) is 19.7. The van der Waals surface area contributed by atoms with Gasteiger partial charge < -0.3 is 14.8 Å². The van der Waals surface area contributed by atoms with Crippen LogP contribution in [0.15, 0.2) is 35.6 Å². The fourth-order valence-electron chi connectivity index (χ4n) is 3.44. The van der Waals surface area contributed by atoms with Crippen LogP contribution in [0.3, 0.4) is 0 Å². The molecule has 0 fully saturated rings. The first-order chi connectivity index (χ1) is 14.4. The number of rotatable bonds is 9. The summed E-state index contributed by atoms with van der Waals surface area (Å²) < 4.78 is 28.3. The Hall–Kier alpha value is -1.93. The van der Waals surface area contributed by atoms with E-state index < -0.39 is 9.84 Å². The summed E-state index contributed by atoms with van der Waals surface area (Å²) in [5.74, 6) is 0.339. The van der Waals surface area contributed by atoms with E-state index in [1.165, 1.54) is 0 Å². The molecule has 0 spiro atoms. The van der Waals surface area contributed by atoms with Crippen LogP contribution in [0.5, 0.6) is 0 Å². The van der Waals surface area contributed by atoms with Gasteiger partial charge in [-0.2, -0.15) is 0 Å². The van der Waals surface area contributed by atoms with E-state index in [9.17, 15) is 8.42 Å². The van der Waals surface area contributed by atoms with Crippen LogP contribution in [0, 0.1) is 12.8 Å². The molecule has 6 nitrogen and oxygen atoms in total. The molecule has 0 amide bonds. The number of aryl methyl sites for hydroxylation is 1. The lowest BCUT2D eigenvalue weighted by molar-refractivity contribution is 0.337. The molecule has 0 atom stereocenters. The van der Waals surface area contributed by atoms with Crippen molar-refractivity contribution in [1.29, 1.82) is 0 Å². The Bertz CT molecular complexity index is 978. The Morgan fingerprint density at radius 3 is 2.26 bits per heavy atom. The Kier molecular flexibility index (Phi) is 8.65. The van der Waals surface area contributed by atoms with E-state index in [0.717, 1.165) is 23.4 Å². The molecule has 0 aliphatic rings. The van der Waals surface area contributed by atoms with Crippen LogP contribution in [0.1, 0.15) is 64.4 Å². The third-order valence-corrected chi connectivity index (χ3v) is 6.70. The largest absolute Gasteiger partial charge is 0.360 e. The van der Waals surface area contributed by atoms with Crippen LogP contribution in [-0.4, -0.2) is 40.6 Å². The maximum Gasteiger partial charge on any atom is 0.228 e. The molecule has 31 heavy (non-hydrogen) atoms. The van der Waals surface area contributed by atoms with Gasteiger partial charge in [0.05, 0.1) is 24.2 Å². The minimum absolute atomic E-state index is 0.0483. The predicted octanol–water partition coefficient (Wildman–Crippen LogP) is 4.49. The molecule has 0 unspecified atom stereocenters. The van der Waals surface area contributed by atoms with Crippen LogP contribution >= 0.6 is 12.2 Å². The summed E-state index contributed by atoms with van der Waals surface area (Å²) >= 11 is 5.62. The maximum absolute atomic E-state index is 13.2. The number of nitrogens with zero attached hydrogens (tertiary/aromatic N) is 3. The van der Waals surface area contributed by atoms with E-state index in [1.54, 1.807) is 6.20 Å². The normalized spacial score (nSPS) is 12.1. The summed E-state index contributed by atoms with van der Waals surface area (Å²) in [5, 5.41) is 4.09. The molecular weight excluding hydrogens is 428 g/mol. The topological polar surface area (TPSA) is 67.2 Å². The zero-order valence-corrected chi connectivity index (χ0v) is 21.3. The van der Waals surface area contributed by atoms with Crippen molar-refractivity contribution in [3.8, 4) is 0 Å². The maximum atomic E-state index is 13.2. The Labute approximate surface area is 193 Å². The lowest BCUT2D eigenvalue weighted by Crippen LogP contribution is -2.44. The average Bonchev–Trinajstić information content (AvgIpc) is 3.07. The van der Waals surface area contributed by atoms with Crippen molar-refractivity contribution < 1.29 is 8.42 Å². The van der Waals surface area contributed by atoms with Gasteiger partial charge in [-0.25, -0.2) is 13.4 Å². The van der Waals surface area contributed by atoms with Gasteiger partial charge in [0.25, 0.3) is 0 Å². The summed E-state index contributed by atoms with van der Waals surface area (Å²) in [4.78, 5) is 6.45. The molecular formula is C23H36N4O2S2. The van der Waals surface area contributed by atoms with Crippen molar-refractivity contribution in [3.05, 3.63) is 47.3 Å². The summed E-state index contributed by atoms with van der Waals surface area (Å²) in [6, 6.07) is 7.75.